The minimum atomic E-state index is -3.26. The molecule has 0 fully saturated rings. The van der Waals surface area contributed by atoms with Crippen molar-refractivity contribution in [2.24, 2.45) is 5.73 Å². The molecule has 2 aromatic carbocycles. The van der Waals surface area contributed by atoms with Gasteiger partial charge in [-0.15, -0.1) is 0 Å². The van der Waals surface area contributed by atoms with E-state index in [0.29, 0.717) is 12.0 Å². The predicted molar refractivity (Wildman–Crippen MR) is 92.7 cm³/mol. The molecular weight excluding hydrogens is 326 g/mol. The van der Waals surface area contributed by atoms with Crippen LogP contribution < -0.4 is 5.73 Å². The Bertz CT molecular complexity index is 813. The summed E-state index contributed by atoms with van der Waals surface area (Å²) in [6, 6.07) is 13.6. The summed E-state index contributed by atoms with van der Waals surface area (Å²) in [7, 11) is -3.26. The van der Waals surface area contributed by atoms with Gasteiger partial charge in [-0.05, 0) is 35.7 Å². The summed E-state index contributed by atoms with van der Waals surface area (Å²) < 4.78 is 23.8. The molecule has 0 saturated heterocycles. The molecule has 3 N–H and O–H groups in total. The van der Waals surface area contributed by atoms with Gasteiger partial charge in [0.15, 0.2) is 9.84 Å². The van der Waals surface area contributed by atoms with Crippen LogP contribution in [-0.2, 0) is 9.84 Å². The highest BCUT2D eigenvalue weighted by Gasteiger charge is 2.20. The monoisotopic (exact) mass is 347 g/mol. The van der Waals surface area contributed by atoms with Crippen molar-refractivity contribution in [3.63, 3.8) is 0 Å². The van der Waals surface area contributed by atoms with Crippen LogP contribution in [-0.4, -0.2) is 31.8 Å². The average molecular weight is 347 g/mol. The molecule has 5 nitrogen and oxygen atoms in total. The first-order valence-electron chi connectivity index (χ1n) is 7.73. The summed E-state index contributed by atoms with van der Waals surface area (Å²) in [6.45, 7) is 1.54. The molecule has 1 atom stereocenters. The number of amides is 1. The Balaban J connectivity index is 2.48. The largest absolute Gasteiger partial charge is 0.396 e. The second-order valence-electron chi connectivity index (χ2n) is 5.49. The summed E-state index contributed by atoms with van der Waals surface area (Å²) in [5.74, 6) is -0.729. The van der Waals surface area contributed by atoms with Gasteiger partial charge in [-0.3, -0.25) is 4.79 Å². The molecule has 2 rings (SSSR count). The second-order valence-corrected chi connectivity index (χ2v) is 7.77. The Morgan fingerprint density at radius 1 is 1.12 bits per heavy atom. The molecule has 128 valence electrons. The van der Waals surface area contributed by atoms with E-state index in [0.717, 1.165) is 11.1 Å². The van der Waals surface area contributed by atoms with Crippen LogP contribution >= 0.6 is 0 Å². The van der Waals surface area contributed by atoms with Crippen LogP contribution in [0.3, 0.4) is 0 Å². The third-order valence-corrected chi connectivity index (χ3v) is 5.79. The van der Waals surface area contributed by atoms with Crippen molar-refractivity contribution in [1.29, 1.82) is 0 Å². The van der Waals surface area contributed by atoms with E-state index in [2.05, 4.69) is 0 Å². The molecule has 0 saturated carbocycles. The smallest absolute Gasteiger partial charge is 0.248 e. The van der Waals surface area contributed by atoms with Crippen molar-refractivity contribution < 1.29 is 18.3 Å². The number of carbonyl (C=O) groups excluding carboxylic acids is 1. The average Bonchev–Trinajstić information content (AvgIpc) is 2.60. The van der Waals surface area contributed by atoms with E-state index < -0.39 is 15.7 Å². The number of hydrogen-bond acceptors (Lipinski definition) is 4. The van der Waals surface area contributed by atoms with Gasteiger partial charge in [0.2, 0.25) is 5.91 Å². The van der Waals surface area contributed by atoms with Crippen LogP contribution in [0.2, 0.25) is 0 Å². The van der Waals surface area contributed by atoms with Crippen LogP contribution in [0.15, 0.2) is 53.4 Å². The second kappa shape index (κ2) is 7.59. The number of aliphatic hydroxyl groups is 1. The fourth-order valence-electron chi connectivity index (χ4n) is 2.73. The number of carbonyl (C=O) groups is 1. The third-order valence-electron chi connectivity index (χ3n) is 4.04. The summed E-state index contributed by atoms with van der Waals surface area (Å²) in [5, 5.41) is 9.40. The van der Waals surface area contributed by atoms with Gasteiger partial charge < -0.3 is 10.8 Å². The van der Waals surface area contributed by atoms with Crippen molar-refractivity contribution in [3.05, 3.63) is 65.2 Å². The Morgan fingerprint density at radius 2 is 1.75 bits per heavy atom. The Hall–Kier alpha value is -2.18. The molecule has 0 bridgehead atoms. The predicted octanol–water partition coefficient (Wildman–Crippen LogP) is 2.09. The first-order chi connectivity index (χ1) is 11.4. The number of hydrogen-bond donors (Lipinski definition) is 2. The van der Waals surface area contributed by atoms with E-state index in [9.17, 15) is 18.3 Å². The first-order valence-corrected chi connectivity index (χ1v) is 9.38. The van der Waals surface area contributed by atoms with Gasteiger partial charge >= 0.3 is 0 Å². The number of nitrogens with two attached hydrogens (primary N) is 1. The molecule has 1 amide bonds. The first kappa shape index (κ1) is 18.2. The summed E-state index contributed by atoms with van der Waals surface area (Å²) in [6.07, 6.45) is 0.407. The van der Waals surface area contributed by atoms with E-state index in [-0.39, 0.29) is 23.2 Å². The van der Waals surface area contributed by atoms with Crippen LogP contribution in [0.5, 0.6) is 0 Å². The lowest BCUT2D eigenvalue weighted by molar-refractivity contribution is 0.0999. The molecule has 0 heterocycles. The van der Waals surface area contributed by atoms with Crippen molar-refractivity contribution in [1.82, 2.24) is 0 Å². The number of primary amides is 1. The summed E-state index contributed by atoms with van der Waals surface area (Å²) in [5.41, 5.74) is 7.40. The fourth-order valence-corrected chi connectivity index (χ4v) is 3.61. The summed E-state index contributed by atoms with van der Waals surface area (Å²) >= 11 is 0. The Morgan fingerprint density at radius 3 is 2.29 bits per heavy atom. The van der Waals surface area contributed by atoms with Gasteiger partial charge in [0, 0.05) is 18.1 Å². The van der Waals surface area contributed by atoms with E-state index in [1.807, 2.05) is 6.07 Å². The molecule has 0 aliphatic carbocycles. The van der Waals surface area contributed by atoms with Gasteiger partial charge in [-0.1, -0.05) is 37.3 Å². The van der Waals surface area contributed by atoms with Crippen molar-refractivity contribution >= 4 is 15.7 Å². The normalized spacial score (nSPS) is 12.8. The van der Waals surface area contributed by atoms with Gasteiger partial charge in [0.25, 0.3) is 0 Å². The van der Waals surface area contributed by atoms with Gasteiger partial charge in [-0.2, -0.15) is 0 Å². The van der Waals surface area contributed by atoms with Crippen LogP contribution in [0.4, 0.5) is 0 Å². The topological polar surface area (TPSA) is 97.5 Å². The fraction of sp³-hybridized carbons (Fsp3) is 0.278. The molecule has 0 aliphatic rings. The number of benzene rings is 2. The molecule has 0 aromatic heterocycles. The van der Waals surface area contributed by atoms with Crippen LogP contribution in [0.1, 0.15) is 40.7 Å². The zero-order valence-corrected chi connectivity index (χ0v) is 14.3. The van der Waals surface area contributed by atoms with Crippen molar-refractivity contribution in [2.45, 2.75) is 24.2 Å². The molecule has 0 spiro atoms. The molecule has 6 heteroatoms. The van der Waals surface area contributed by atoms with Gasteiger partial charge in [0.1, 0.15) is 0 Å². The van der Waals surface area contributed by atoms with E-state index >= 15 is 0 Å². The zero-order valence-electron chi connectivity index (χ0n) is 13.5. The molecule has 24 heavy (non-hydrogen) atoms. The lowest BCUT2D eigenvalue weighted by Crippen LogP contribution is -2.16. The highest BCUT2D eigenvalue weighted by atomic mass is 32.2. The maximum Gasteiger partial charge on any atom is 0.248 e. The third kappa shape index (κ3) is 3.83. The van der Waals surface area contributed by atoms with E-state index in [1.165, 1.54) is 0 Å². The van der Waals surface area contributed by atoms with Crippen molar-refractivity contribution in [3.8, 4) is 0 Å². The van der Waals surface area contributed by atoms with Crippen molar-refractivity contribution in [2.75, 3.05) is 12.4 Å². The number of aliphatic hydroxyl groups excluding tert-OH is 1. The molecule has 0 aliphatic heterocycles. The Labute approximate surface area is 142 Å². The number of rotatable bonds is 7. The quantitative estimate of drug-likeness (QED) is 0.801. The lowest BCUT2D eigenvalue weighted by atomic mass is 9.86. The highest BCUT2D eigenvalue weighted by molar-refractivity contribution is 7.91. The maximum atomic E-state index is 11.9. The molecular formula is C18H21NO4S. The molecule has 0 unspecified atom stereocenters. The maximum absolute atomic E-state index is 11.9. The van der Waals surface area contributed by atoms with E-state index in [1.54, 1.807) is 49.4 Å². The van der Waals surface area contributed by atoms with Gasteiger partial charge in [0.05, 0.1) is 10.6 Å². The highest BCUT2D eigenvalue weighted by Crippen LogP contribution is 2.31. The molecule has 2 aromatic rings. The minimum Gasteiger partial charge on any atom is -0.396 e. The van der Waals surface area contributed by atoms with Crippen LogP contribution in [0.25, 0.3) is 0 Å². The van der Waals surface area contributed by atoms with Gasteiger partial charge in [-0.25, -0.2) is 8.42 Å². The standard InChI is InChI=1S/C18H21NO4S/c1-2-24(22,23)14-9-7-13(8-10-14)15(11-12-20)16-5-3-4-6-17(16)18(19)21/h3-10,15,20H,2,11-12H2,1H3,(H2,19,21)/t15-/m0/s1. The number of sulfone groups is 1. The molecule has 0 radical (unpaired) electrons. The van der Waals surface area contributed by atoms with Crippen LogP contribution in [0, 0.1) is 0 Å². The minimum absolute atomic E-state index is 0.0386. The van der Waals surface area contributed by atoms with E-state index in [4.69, 9.17) is 5.73 Å². The lowest BCUT2D eigenvalue weighted by Gasteiger charge is -2.19. The summed E-state index contributed by atoms with van der Waals surface area (Å²) in [4.78, 5) is 11.9. The SMILES string of the molecule is CCS(=O)(=O)c1ccc([C@H](CCO)c2ccccc2C(N)=O)cc1. The Kier molecular flexibility index (Phi) is 5.75. The zero-order chi connectivity index (χ0) is 17.7.